The van der Waals surface area contributed by atoms with E-state index in [1.807, 2.05) is 0 Å². The highest BCUT2D eigenvalue weighted by Gasteiger charge is 2.19. The van der Waals surface area contributed by atoms with Crippen LogP contribution in [0.4, 0.5) is 5.69 Å². The summed E-state index contributed by atoms with van der Waals surface area (Å²) < 4.78 is 26.6. The van der Waals surface area contributed by atoms with Crippen LogP contribution in [-0.4, -0.2) is 32.1 Å². The fourth-order valence-electron chi connectivity index (χ4n) is 1.54. The van der Waals surface area contributed by atoms with Crippen LogP contribution in [-0.2, 0) is 14.8 Å². The molecular weight excluding hydrogens is 268 g/mol. The topological polar surface area (TPSA) is 95.5 Å². The molecule has 0 unspecified atom stereocenters. The minimum absolute atomic E-state index is 0.0825. The number of benzene rings is 1. The molecule has 0 fully saturated rings. The molecule has 1 aromatic rings. The van der Waals surface area contributed by atoms with Crippen LogP contribution in [0.1, 0.15) is 19.4 Å². The number of carbonyl (C=O) groups excluding carboxylic acids is 1. The number of aryl methyl sites for hydroxylation is 1. The molecule has 19 heavy (non-hydrogen) atoms. The summed E-state index contributed by atoms with van der Waals surface area (Å²) in [6, 6.07) is 4.06. The smallest absolute Gasteiger partial charge is 0.241 e. The zero-order valence-electron chi connectivity index (χ0n) is 11.1. The number of hydrogen-bond donors (Lipinski definition) is 3. The molecule has 0 aliphatic carbocycles. The van der Waals surface area contributed by atoms with Crippen LogP contribution < -0.4 is 10.0 Å². The van der Waals surface area contributed by atoms with Crippen LogP contribution in [0, 0.1) is 6.92 Å². The predicted molar refractivity (Wildman–Crippen MR) is 72.4 cm³/mol. The number of rotatable bonds is 5. The van der Waals surface area contributed by atoms with Gasteiger partial charge >= 0.3 is 0 Å². The first-order valence-corrected chi connectivity index (χ1v) is 7.26. The van der Waals surface area contributed by atoms with Gasteiger partial charge in [0.2, 0.25) is 15.9 Å². The zero-order chi connectivity index (χ0) is 14.6. The molecule has 0 radical (unpaired) electrons. The van der Waals surface area contributed by atoms with E-state index in [0.717, 1.165) is 0 Å². The average Bonchev–Trinajstić information content (AvgIpc) is 2.30. The maximum Gasteiger partial charge on any atom is 0.241 e. The van der Waals surface area contributed by atoms with Crippen LogP contribution >= 0.6 is 0 Å². The minimum Gasteiger partial charge on any atom is -0.395 e. The van der Waals surface area contributed by atoms with E-state index in [1.54, 1.807) is 26.0 Å². The van der Waals surface area contributed by atoms with Crippen LogP contribution in [0.15, 0.2) is 23.1 Å². The fraction of sp³-hybridized carbons (Fsp3) is 0.417. The Hall–Kier alpha value is -1.44. The van der Waals surface area contributed by atoms with Gasteiger partial charge in [-0.1, -0.05) is 6.07 Å². The number of carbonyl (C=O) groups is 1. The third kappa shape index (κ3) is 4.30. The third-order valence-electron chi connectivity index (χ3n) is 2.43. The molecule has 106 valence electrons. The van der Waals surface area contributed by atoms with Gasteiger partial charge in [0.25, 0.3) is 0 Å². The van der Waals surface area contributed by atoms with Crippen molar-refractivity contribution in [3.63, 3.8) is 0 Å². The molecule has 0 aromatic heterocycles. The molecule has 0 saturated heterocycles. The van der Waals surface area contributed by atoms with Crippen molar-refractivity contribution in [3.8, 4) is 0 Å². The summed E-state index contributed by atoms with van der Waals surface area (Å²) in [7, 11) is -3.72. The van der Waals surface area contributed by atoms with E-state index < -0.39 is 16.1 Å². The van der Waals surface area contributed by atoms with E-state index in [2.05, 4.69) is 10.0 Å². The van der Waals surface area contributed by atoms with Crippen molar-refractivity contribution < 1.29 is 18.3 Å². The molecule has 0 aliphatic heterocycles. The largest absolute Gasteiger partial charge is 0.395 e. The maximum absolute atomic E-state index is 12.1. The van der Waals surface area contributed by atoms with E-state index in [9.17, 15) is 13.2 Å². The Morgan fingerprint density at radius 3 is 2.58 bits per heavy atom. The number of anilines is 1. The Morgan fingerprint density at radius 1 is 1.42 bits per heavy atom. The monoisotopic (exact) mass is 286 g/mol. The number of nitrogens with one attached hydrogen (secondary N) is 2. The first kappa shape index (κ1) is 15.6. The van der Waals surface area contributed by atoms with E-state index in [0.29, 0.717) is 11.3 Å². The number of hydrogen-bond acceptors (Lipinski definition) is 4. The second-order valence-corrected chi connectivity index (χ2v) is 6.05. The molecular formula is C12H18N2O4S. The Kier molecular flexibility index (Phi) is 5.04. The highest BCUT2D eigenvalue weighted by Crippen LogP contribution is 2.20. The number of amides is 1. The standard InChI is InChI=1S/C12H18N2O4S/c1-8-4-5-11(13-10(3)16)6-12(8)19(17,18)14-9(2)7-15/h4-6,9,14-15H,7H2,1-3H3,(H,13,16)/t9-/m0/s1. The first-order chi connectivity index (χ1) is 8.76. The van der Waals surface area contributed by atoms with Crippen molar-refractivity contribution in [1.82, 2.24) is 4.72 Å². The predicted octanol–water partition coefficient (Wildman–Crippen LogP) is 0.613. The number of sulfonamides is 1. The molecule has 1 amide bonds. The summed E-state index contributed by atoms with van der Waals surface area (Å²) in [6.45, 7) is 4.28. The lowest BCUT2D eigenvalue weighted by Crippen LogP contribution is -2.35. The van der Waals surface area contributed by atoms with Crippen LogP contribution in [0.2, 0.25) is 0 Å². The highest BCUT2D eigenvalue weighted by atomic mass is 32.2. The van der Waals surface area contributed by atoms with Crippen LogP contribution in [0.5, 0.6) is 0 Å². The molecule has 3 N–H and O–H groups in total. The molecule has 0 aliphatic rings. The lowest BCUT2D eigenvalue weighted by Gasteiger charge is -2.14. The van der Waals surface area contributed by atoms with Crippen molar-refractivity contribution in [3.05, 3.63) is 23.8 Å². The normalized spacial score (nSPS) is 13.1. The Balaban J connectivity index is 3.14. The lowest BCUT2D eigenvalue weighted by molar-refractivity contribution is -0.114. The van der Waals surface area contributed by atoms with Gasteiger partial charge in [-0.25, -0.2) is 13.1 Å². The molecule has 0 heterocycles. The molecule has 7 heteroatoms. The molecule has 1 rings (SSSR count). The van der Waals surface area contributed by atoms with Crippen molar-refractivity contribution in [1.29, 1.82) is 0 Å². The zero-order valence-corrected chi connectivity index (χ0v) is 11.9. The van der Waals surface area contributed by atoms with Gasteiger partial charge in [0.1, 0.15) is 0 Å². The van der Waals surface area contributed by atoms with E-state index in [1.165, 1.54) is 13.0 Å². The summed E-state index contributed by atoms with van der Waals surface area (Å²) >= 11 is 0. The van der Waals surface area contributed by atoms with Gasteiger partial charge in [-0.3, -0.25) is 4.79 Å². The highest BCUT2D eigenvalue weighted by molar-refractivity contribution is 7.89. The van der Waals surface area contributed by atoms with Gasteiger partial charge in [0, 0.05) is 18.7 Å². The third-order valence-corrected chi connectivity index (χ3v) is 4.16. The van der Waals surface area contributed by atoms with Gasteiger partial charge < -0.3 is 10.4 Å². The average molecular weight is 286 g/mol. The number of aliphatic hydroxyl groups is 1. The first-order valence-electron chi connectivity index (χ1n) is 5.77. The summed E-state index contributed by atoms with van der Waals surface area (Å²) in [4.78, 5) is 11.1. The molecule has 6 nitrogen and oxygen atoms in total. The van der Waals surface area contributed by atoms with Gasteiger partial charge in [-0.15, -0.1) is 0 Å². The van der Waals surface area contributed by atoms with E-state index in [4.69, 9.17) is 5.11 Å². The van der Waals surface area contributed by atoms with Crippen molar-refractivity contribution in [2.75, 3.05) is 11.9 Å². The number of aliphatic hydroxyl groups excluding tert-OH is 1. The summed E-state index contributed by atoms with van der Waals surface area (Å²) in [6.07, 6.45) is 0. The Morgan fingerprint density at radius 2 is 2.05 bits per heavy atom. The summed E-state index contributed by atoms with van der Waals surface area (Å²) in [5.74, 6) is -0.274. The molecule has 0 bridgehead atoms. The quantitative estimate of drug-likeness (QED) is 0.739. The SMILES string of the molecule is CC(=O)Nc1ccc(C)c(S(=O)(=O)N[C@@H](C)CO)c1. The van der Waals surface area contributed by atoms with Gasteiger partial charge in [0.15, 0.2) is 0 Å². The minimum atomic E-state index is -3.72. The Bertz CT molecular complexity index is 569. The summed E-state index contributed by atoms with van der Waals surface area (Å²) in [5.41, 5.74) is 0.974. The second-order valence-electron chi connectivity index (χ2n) is 4.37. The lowest BCUT2D eigenvalue weighted by atomic mass is 10.2. The van der Waals surface area contributed by atoms with Gasteiger partial charge in [0.05, 0.1) is 11.5 Å². The van der Waals surface area contributed by atoms with E-state index in [-0.39, 0.29) is 17.4 Å². The molecule has 1 atom stereocenters. The summed E-state index contributed by atoms with van der Waals surface area (Å²) in [5, 5.41) is 11.4. The van der Waals surface area contributed by atoms with E-state index >= 15 is 0 Å². The maximum atomic E-state index is 12.1. The van der Waals surface area contributed by atoms with Crippen molar-refractivity contribution in [2.45, 2.75) is 31.7 Å². The molecule has 0 saturated carbocycles. The van der Waals surface area contributed by atoms with Crippen LogP contribution in [0.3, 0.4) is 0 Å². The second kappa shape index (κ2) is 6.14. The Labute approximate surface area is 112 Å². The van der Waals surface area contributed by atoms with Crippen molar-refractivity contribution >= 4 is 21.6 Å². The molecule has 1 aromatic carbocycles. The van der Waals surface area contributed by atoms with Gasteiger partial charge in [-0.05, 0) is 31.5 Å². The molecule has 0 spiro atoms. The van der Waals surface area contributed by atoms with Crippen molar-refractivity contribution in [2.24, 2.45) is 0 Å². The fourth-order valence-corrected chi connectivity index (χ4v) is 3.04. The van der Waals surface area contributed by atoms with Crippen LogP contribution in [0.25, 0.3) is 0 Å². The van der Waals surface area contributed by atoms with Gasteiger partial charge in [-0.2, -0.15) is 0 Å².